The minimum atomic E-state index is -0.824. The Morgan fingerprint density at radius 1 is 1.21 bits per heavy atom. The molecule has 0 radical (unpaired) electrons. The minimum absolute atomic E-state index is 0.172. The molecule has 5 rings (SSSR count). The van der Waals surface area contributed by atoms with E-state index in [1.54, 1.807) is 62.4 Å². The zero-order valence-electron chi connectivity index (χ0n) is 23.4. The Labute approximate surface area is 264 Å². The summed E-state index contributed by atoms with van der Waals surface area (Å²) in [6.45, 7) is 3.83. The van der Waals surface area contributed by atoms with E-state index in [0.717, 1.165) is 10.0 Å². The van der Waals surface area contributed by atoms with Crippen LogP contribution in [0.2, 0.25) is 5.02 Å². The number of rotatable bonds is 8. The largest absolute Gasteiger partial charge is 0.493 e. The Balaban J connectivity index is 1.65. The summed E-state index contributed by atoms with van der Waals surface area (Å²) in [4.78, 5) is 32.3. The van der Waals surface area contributed by atoms with Gasteiger partial charge >= 0.3 is 5.97 Å². The zero-order chi connectivity index (χ0) is 30.7. The molecule has 3 aromatic carbocycles. The molecule has 0 saturated carbocycles. The number of ether oxygens (including phenoxy) is 3. The van der Waals surface area contributed by atoms with E-state index in [1.807, 2.05) is 18.2 Å². The highest BCUT2D eigenvalue weighted by molar-refractivity contribution is 9.10. The number of hydrogen-bond acceptors (Lipinski definition) is 8. The van der Waals surface area contributed by atoms with Crippen LogP contribution < -0.4 is 24.4 Å². The Kier molecular flexibility index (Phi) is 9.16. The number of benzene rings is 3. The van der Waals surface area contributed by atoms with Crippen molar-refractivity contribution in [2.24, 2.45) is 4.99 Å². The number of carbonyl (C=O) groups is 1. The van der Waals surface area contributed by atoms with Crippen molar-refractivity contribution in [3.8, 4) is 17.6 Å². The van der Waals surface area contributed by atoms with Gasteiger partial charge in [0.05, 0.1) is 41.2 Å². The van der Waals surface area contributed by atoms with Crippen LogP contribution in [0, 0.1) is 11.3 Å². The quantitative estimate of drug-likeness (QED) is 0.223. The van der Waals surface area contributed by atoms with Gasteiger partial charge in [-0.2, -0.15) is 5.26 Å². The van der Waals surface area contributed by atoms with Gasteiger partial charge in [0.25, 0.3) is 5.56 Å². The van der Waals surface area contributed by atoms with Crippen molar-refractivity contribution in [3.05, 3.63) is 123 Å². The van der Waals surface area contributed by atoms with Gasteiger partial charge in [-0.3, -0.25) is 9.36 Å². The normalized spacial score (nSPS) is 14.5. The first kappa shape index (κ1) is 30.3. The molecule has 1 aliphatic heterocycles. The van der Waals surface area contributed by atoms with Crippen LogP contribution in [0.25, 0.3) is 6.08 Å². The lowest BCUT2D eigenvalue weighted by molar-refractivity contribution is -0.139. The summed E-state index contributed by atoms with van der Waals surface area (Å²) in [5.41, 5.74) is 2.95. The maximum Gasteiger partial charge on any atom is 0.338 e. The standard InChI is InChI=1S/C32H25BrClN3O5S/c1-4-41-31(39)27-18(2)36-32-37(28(27)23-7-5-6-8-24(23)34)30(38)26(43-32)14-21-13-22(33)15-25(40-3)29(21)42-17-20-11-9-19(16-35)10-12-20/h5-15,28H,4,17H2,1-3H3/b26-14-/t28-/m0/s1. The van der Waals surface area contributed by atoms with Gasteiger partial charge in [0, 0.05) is 15.1 Å². The third-order valence-electron chi connectivity index (χ3n) is 6.74. The Hall–Kier alpha value is -4.17. The number of esters is 1. The highest BCUT2D eigenvalue weighted by atomic mass is 79.9. The molecule has 4 aromatic rings. The smallest absolute Gasteiger partial charge is 0.338 e. The van der Waals surface area contributed by atoms with Crippen molar-refractivity contribution in [2.75, 3.05) is 13.7 Å². The Morgan fingerprint density at radius 3 is 2.63 bits per heavy atom. The predicted octanol–water partition coefficient (Wildman–Crippen LogP) is 5.67. The van der Waals surface area contributed by atoms with Gasteiger partial charge in [0.2, 0.25) is 0 Å². The third kappa shape index (κ3) is 6.15. The van der Waals surface area contributed by atoms with Gasteiger partial charge < -0.3 is 14.2 Å². The first-order valence-corrected chi connectivity index (χ1v) is 15.2. The highest BCUT2D eigenvalue weighted by Gasteiger charge is 2.34. The molecule has 0 unspecified atom stereocenters. The van der Waals surface area contributed by atoms with E-state index < -0.39 is 12.0 Å². The summed E-state index contributed by atoms with van der Waals surface area (Å²) in [5.74, 6) is 0.349. The van der Waals surface area contributed by atoms with Gasteiger partial charge in [-0.1, -0.05) is 69.2 Å². The number of halogens is 2. The van der Waals surface area contributed by atoms with Gasteiger partial charge in [-0.05, 0) is 61.4 Å². The van der Waals surface area contributed by atoms with E-state index in [2.05, 4.69) is 27.0 Å². The molecule has 1 aliphatic rings. The number of allylic oxidation sites excluding steroid dienone is 1. The molecular weight excluding hydrogens is 654 g/mol. The monoisotopic (exact) mass is 677 g/mol. The number of fused-ring (bicyclic) bond motifs is 1. The zero-order valence-corrected chi connectivity index (χ0v) is 26.5. The molecule has 0 spiro atoms. The lowest BCUT2D eigenvalue weighted by Crippen LogP contribution is -2.40. The fraction of sp³-hybridized carbons (Fsp3) is 0.188. The fourth-order valence-electron chi connectivity index (χ4n) is 4.76. The highest BCUT2D eigenvalue weighted by Crippen LogP contribution is 2.37. The van der Waals surface area contributed by atoms with Gasteiger partial charge in [-0.25, -0.2) is 9.79 Å². The van der Waals surface area contributed by atoms with Crippen LogP contribution in [0.1, 0.15) is 42.1 Å². The second-order valence-electron chi connectivity index (χ2n) is 9.45. The second-order valence-corrected chi connectivity index (χ2v) is 11.8. The summed E-state index contributed by atoms with van der Waals surface area (Å²) in [6, 6.07) is 19.1. The van der Waals surface area contributed by atoms with Gasteiger partial charge in [0.15, 0.2) is 16.3 Å². The Bertz CT molecular complexity index is 1980. The van der Waals surface area contributed by atoms with Crippen molar-refractivity contribution in [3.63, 3.8) is 0 Å². The topological polar surface area (TPSA) is 103 Å². The van der Waals surface area contributed by atoms with E-state index in [-0.39, 0.29) is 24.3 Å². The third-order valence-corrected chi connectivity index (χ3v) is 8.52. The Morgan fingerprint density at radius 2 is 1.95 bits per heavy atom. The van der Waals surface area contributed by atoms with Gasteiger partial charge in [-0.15, -0.1) is 0 Å². The molecule has 1 aromatic heterocycles. The molecule has 218 valence electrons. The summed E-state index contributed by atoms with van der Waals surface area (Å²) >= 11 is 11.3. The van der Waals surface area contributed by atoms with Crippen molar-refractivity contribution in [1.29, 1.82) is 5.26 Å². The number of carbonyl (C=O) groups excluding carboxylic acids is 1. The number of nitrogens with zero attached hydrogens (tertiary/aromatic N) is 3. The molecule has 0 fully saturated rings. The molecule has 0 aliphatic carbocycles. The molecule has 2 heterocycles. The molecule has 0 saturated heterocycles. The number of methoxy groups -OCH3 is 1. The summed E-state index contributed by atoms with van der Waals surface area (Å²) < 4.78 is 19.8. The van der Waals surface area contributed by atoms with Crippen LogP contribution in [0.5, 0.6) is 11.5 Å². The minimum Gasteiger partial charge on any atom is -0.493 e. The molecule has 11 heteroatoms. The van der Waals surface area contributed by atoms with E-state index in [9.17, 15) is 9.59 Å². The van der Waals surface area contributed by atoms with Crippen LogP contribution in [0.3, 0.4) is 0 Å². The molecule has 0 amide bonds. The maximum absolute atomic E-state index is 14.1. The molecule has 0 N–H and O–H groups in total. The molecule has 8 nitrogen and oxygen atoms in total. The van der Waals surface area contributed by atoms with Crippen LogP contribution in [-0.4, -0.2) is 24.3 Å². The lowest BCUT2D eigenvalue weighted by Gasteiger charge is -2.25. The van der Waals surface area contributed by atoms with E-state index in [4.69, 9.17) is 31.1 Å². The summed E-state index contributed by atoms with van der Waals surface area (Å²) in [7, 11) is 1.54. The van der Waals surface area contributed by atoms with Crippen molar-refractivity contribution in [1.82, 2.24) is 4.57 Å². The predicted molar refractivity (Wildman–Crippen MR) is 168 cm³/mol. The maximum atomic E-state index is 14.1. The fourth-order valence-corrected chi connectivity index (χ4v) is 6.49. The molecular formula is C32H25BrClN3O5S. The van der Waals surface area contributed by atoms with E-state index in [1.165, 1.54) is 23.0 Å². The molecule has 43 heavy (non-hydrogen) atoms. The van der Waals surface area contributed by atoms with Crippen LogP contribution >= 0.6 is 38.9 Å². The van der Waals surface area contributed by atoms with Gasteiger partial charge in [0.1, 0.15) is 12.6 Å². The number of thiazole rings is 1. The molecule has 0 bridgehead atoms. The van der Waals surface area contributed by atoms with Crippen molar-refractivity contribution >= 4 is 50.9 Å². The summed E-state index contributed by atoms with van der Waals surface area (Å²) in [5, 5.41) is 9.50. The van der Waals surface area contributed by atoms with Crippen molar-refractivity contribution in [2.45, 2.75) is 26.5 Å². The van der Waals surface area contributed by atoms with Crippen LogP contribution in [0.4, 0.5) is 0 Å². The number of aromatic nitrogens is 1. The van der Waals surface area contributed by atoms with E-state index >= 15 is 0 Å². The molecule has 1 atom stereocenters. The first-order valence-electron chi connectivity index (χ1n) is 13.2. The number of nitriles is 1. The van der Waals surface area contributed by atoms with Crippen LogP contribution in [0.15, 0.2) is 86.2 Å². The average Bonchev–Trinajstić information content (AvgIpc) is 3.30. The SMILES string of the molecule is CCOC(=O)C1=C(C)N=c2s/c(=C\c3cc(Br)cc(OC)c3OCc3ccc(C#N)cc3)c(=O)n2[C@H]1c1ccccc1Cl. The average molecular weight is 679 g/mol. The number of hydrogen-bond donors (Lipinski definition) is 0. The van der Waals surface area contributed by atoms with E-state index in [0.29, 0.717) is 48.2 Å². The van der Waals surface area contributed by atoms with Crippen LogP contribution in [-0.2, 0) is 16.1 Å². The van der Waals surface area contributed by atoms with Crippen molar-refractivity contribution < 1.29 is 19.0 Å². The summed E-state index contributed by atoms with van der Waals surface area (Å²) in [6.07, 6.45) is 1.72. The second kappa shape index (κ2) is 13.0. The lowest BCUT2D eigenvalue weighted by atomic mass is 9.96. The first-order chi connectivity index (χ1) is 20.7.